The second kappa shape index (κ2) is 10.5. The first-order valence-corrected chi connectivity index (χ1v) is 13.4. The fraction of sp³-hybridized carbons (Fsp3) is 0.208. The number of methoxy groups -OCH3 is 2. The molecule has 0 unspecified atom stereocenters. The highest BCUT2D eigenvalue weighted by Crippen LogP contribution is 2.38. The maximum absolute atomic E-state index is 13.6. The average Bonchev–Trinajstić information content (AvgIpc) is 3.53. The Bertz CT molecular complexity index is 1740. The Morgan fingerprint density at radius 2 is 1.82 bits per heavy atom. The van der Waals surface area contributed by atoms with Gasteiger partial charge in [-0.25, -0.2) is 18.4 Å². The molecule has 0 aliphatic rings. The number of phenolic OH excluding ortho intramolecular Hbond substituents is 1. The zero-order valence-electron chi connectivity index (χ0n) is 20.9. The molecular weight excluding hydrogens is 548 g/mol. The van der Waals surface area contributed by atoms with Gasteiger partial charge in [-0.3, -0.25) is 14.4 Å². The summed E-state index contributed by atoms with van der Waals surface area (Å²) in [5.41, 5.74) is 1.22. The maximum atomic E-state index is 13.6. The Morgan fingerprint density at radius 1 is 1.08 bits per heavy atom. The van der Waals surface area contributed by atoms with Crippen molar-refractivity contribution < 1.29 is 23.0 Å². The summed E-state index contributed by atoms with van der Waals surface area (Å²) in [7, 11) is -1.43. The van der Waals surface area contributed by atoms with Crippen molar-refractivity contribution in [3.8, 4) is 28.7 Å². The van der Waals surface area contributed by atoms with E-state index in [0.29, 0.717) is 16.1 Å². The lowest BCUT2D eigenvalue weighted by atomic mass is 10.2. The van der Waals surface area contributed by atoms with Crippen LogP contribution in [-0.2, 0) is 14.8 Å². The lowest BCUT2D eigenvalue weighted by Gasteiger charge is -2.22. The molecule has 0 aliphatic heterocycles. The Hall–Kier alpha value is -4.27. The molecule has 3 aromatic heterocycles. The summed E-state index contributed by atoms with van der Waals surface area (Å²) in [4.78, 5) is 8.21. The van der Waals surface area contributed by atoms with E-state index in [4.69, 9.17) is 21.1 Å². The third kappa shape index (κ3) is 4.84. The van der Waals surface area contributed by atoms with E-state index >= 15 is 0 Å². The molecule has 3 N–H and O–H groups in total. The molecule has 0 saturated heterocycles. The van der Waals surface area contributed by atoms with E-state index in [1.54, 1.807) is 12.1 Å². The van der Waals surface area contributed by atoms with Gasteiger partial charge in [-0.15, -0.1) is 10.2 Å². The number of para-hydroxylation sites is 2. The summed E-state index contributed by atoms with van der Waals surface area (Å²) in [5.74, 6) is 0.117. The number of benzene rings is 2. The van der Waals surface area contributed by atoms with E-state index in [1.165, 1.54) is 44.2 Å². The molecule has 0 radical (unpaired) electrons. The summed E-state index contributed by atoms with van der Waals surface area (Å²) in [6.45, 7) is 1.44. The zero-order valence-corrected chi connectivity index (χ0v) is 22.5. The van der Waals surface area contributed by atoms with Crippen LogP contribution in [0.5, 0.6) is 11.5 Å². The molecule has 0 fully saturated rings. The topological polar surface area (TPSA) is 170 Å². The first kappa shape index (κ1) is 26.3. The van der Waals surface area contributed by atoms with Crippen molar-refractivity contribution in [3.63, 3.8) is 0 Å². The number of sulfonamides is 1. The number of hydrogen-bond donors (Lipinski definition) is 3. The van der Waals surface area contributed by atoms with Gasteiger partial charge in [-0.2, -0.15) is 5.10 Å². The lowest BCUT2D eigenvalue weighted by molar-refractivity contribution is 0.0950. The molecule has 0 aliphatic carbocycles. The Labute approximate surface area is 227 Å². The van der Waals surface area contributed by atoms with E-state index in [0.717, 1.165) is 5.52 Å². The second-order valence-corrected chi connectivity index (χ2v) is 10.9. The highest BCUT2D eigenvalue weighted by atomic mass is 35.5. The van der Waals surface area contributed by atoms with Crippen LogP contribution in [0.3, 0.4) is 0 Å². The van der Waals surface area contributed by atoms with Crippen LogP contribution in [0.25, 0.3) is 28.1 Å². The predicted octanol–water partition coefficient (Wildman–Crippen LogP) is 3.49. The van der Waals surface area contributed by atoms with Gasteiger partial charge in [0.15, 0.2) is 11.6 Å². The van der Waals surface area contributed by atoms with Crippen molar-refractivity contribution >= 4 is 38.5 Å². The molecule has 0 bridgehead atoms. The molecular formula is C24H23ClN8O5S. The van der Waals surface area contributed by atoms with Gasteiger partial charge >= 0.3 is 0 Å². The minimum Gasteiger partial charge on any atom is -0.506 e. The average molecular weight is 571 g/mol. The normalized spacial score (nSPS) is 13.3. The number of aromatic amines is 1. The van der Waals surface area contributed by atoms with Gasteiger partial charge < -0.3 is 14.6 Å². The highest BCUT2D eigenvalue weighted by Gasteiger charge is 2.35. The van der Waals surface area contributed by atoms with Crippen LogP contribution in [-0.4, -0.2) is 67.9 Å². The molecule has 5 rings (SSSR count). The van der Waals surface area contributed by atoms with Crippen LogP contribution >= 0.6 is 11.6 Å². The molecule has 0 saturated carbocycles. The summed E-state index contributed by atoms with van der Waals surface area (Å²) in [5, 5.41) is 26.3. The minimum absolute atomic E-state index is 0.113. The zero-order chi connectivity index (χ0) is 27.7. The smallest absolute Gasteiger partial charge is 0.243 e. The number of ether oxygens (including phenoxy) is 2. The number of rotatable bonds is 9. The van der Waals surface area contributed by atoms with Crippen LogP contribution in [0.4, 0.5) is 5.95 Å². The van der Waals surface area contributed by atoms with Gasteiger partial charge in [0.25, 0.3) is 0 Å². The van der Waals surface area contributed by atoms with Crippen molar-refractivity contribution in [1.29, 1.82) is 0 Å². The fourth-order valence-corrected chi connectivity index (χ4v) is 5.34. The van der Waals surface area contributed by atoms with Crippen LogP contribution in [0, 0.1) is 0 Å². The van der Waals surface area contributed by atoms with Crippen molar-refractivity contribution in [2.24, 2.45) is 0 Å². The van der Waals surface area contributed by atoms with E-state index in [1.807, 2.05) is 24.3 Å². The third-order valence-electron chi connectivity index (χ3n) is 6.06. The molecule has 202 valence electrons. The predicted molar refractivity (Wildman–Crippen MR) is 143 cm³/mol. The SMILES string of the molecule is COc1cccc(O)c1-n1c(NS(=O)(=O)[C@@H](C)[C@H](OC)c2ncc(Cl)cn2)nnc1-c1n[nH]c2ccccc12. The summed E-state index contributed by atoms with van der Waals surface area (Å²) in [6.07, 6.45) is 1.67. The first-order valence-electron chi connectivity index (χ1n) is 11.5. The van der Waals surface area contributed by atoms with E-state index in [9.17, 15) is 13.5 Å². The largest absolute Gasteiger partial charge is 0.506 e. The Kier molecular flexibility index (Phi) is 7.08. The molecule has 13 nitrogen and oxygen atoms in total. The Morgan fingerprint density at radius 3 is 2.54 bits per heavy atom. The van der Waals surface area contributed by atoms with Crippen LogP contribution < -0.4 is 9.46 Å². The number of fused-ring (bicyclic) bond motifs is 1. The van der Waals surface area contributed by atoms with E-state index in [-0.39, 0.29) is 34.8 Å². The van der Waals surface area contributed by atoms with Gasteiger partial charge in [0, 0.05) is 24.9 Å². The van der Waals surface area contributed by atoms with Gasteiger partial charge in [0.2, 0.25) is 16.0 Å². The summed E-state index contributed by atoms with van der Waals surface area (Å²) < 4.78 is 41.9. The van der Waals surface area contributed by atoms with Crippen LogP contribution in [0.15, 0.2) is 54.9 Å². The second-order valence-electron chi connectivity index (χ2n) is 8.40. The van der Waals surface area contributed by atoms with Crippen LogP contribution in [0.2, 0.25) is 5.02 Å². The number of phenols is 1. The first-order chi connectivity index (χ1) is 18.7. The number of hydrogen-bond acceptors (Lipinski definition) is 10. The molecule has 2 atom stereocenters. The third-order valence-corrected chi connectivity index (χ3v) is 7.95. The molecule has 39 heavy (non-hydrogen) atoms. The molecule has 5 aromatic rings. The van der Waals surface area contributed by atoms with Crippen LogP contribution in [0.1, 0.15) is 18.9 Å². The molecule has 15 heteroatoms. The number of nitrogens with one attached hydrogen (secondary N) is 2. The van der Waals surface area contributed by atoms with Gasteiger partial charge in [-0.05, 0) is 25.1 Å². The van der Waals surface area contributed by atoms with Gasteiger partial charge in [0.1, 0.15) is 34.2 Å². The number of H-pyrrole nitrogens is 1. The standard InChI is InChI=1S/C24H23ClN8O5S/c1-13(21(38-3)22-26-11-14(25)12-27-22)39(35,36)32-24-31-30-23(19-15-7-4-5-8-16(15)28-29-19)33(24)20-17(34)9-6-10-18(20)37-2/h4-13,21,34H,1-3H3,(H,28,29)(H,31,32)/t13-,21-/m0/s1. The Balaban J connectivity index is 1.64. The lowest BCUT2D eigenvalue weighted by Crippen LogP contribution is -2.33. The number of anilines is 1. The fourth-order valence-electron chi connectivity index (χ4n) is 4.11. The minimum atomic E-state index is -4.21. The quantitative estimate of drug-likeness (QED) is 0.238. The van der Waals surface area contributed by atoms with E-state index < -0.39 is 21.4 Å². The van der Waals surface area contributed by atoms with Gasteiger partial charge in [0.05, 0.1) is 17.6 Å². The number of aromatic nitrogens is 7. The molecule has 0 amide bonds. The summed E-state index contributed by atoms with van der Waals surface area (Å²) >= 11 is 5.88. The van der Waals surface area contributed by atoms with Gasteiger partial charge in [-0.1, -0.05) is 35.9 Å². The number of aromatic hydroxyl groups is 1. The number of halogens is 1. The maximum Gasteiger partial charge on any atom is 0.243 e. The number of nitrogens with zero attached hydrogens (tertiary/aromatic N) is 6. The van der Waals surface area contributed by atoms with Crippen molar-refractivity contribution in [2.75, 3.05) is 18.9 Å². The van der Waals surface area contributed by atoms with Crippen molar-refractivity contribution in [1.82, 2.24) is 34.9 Å². The molecule has 3 heterocycles. The molecule has 2 aromatic carbocycles. The molecule has 0 spiro atoms. The van der Waals surface area contributed by atoms with Crippen molar-refractivity contribution in [3.05, 3.63) is 65.7 Å². The van der Waals surface area contributed by atoms with E-state index in [2.05, 4.69) is 35.1 Å². The summed E-state index contributed by atoms with van der Waals surface area (Å²) in [6, 6.07) is 12.0. The highest BCUT2D eigenvalue weighted by molar-refractivity contribution is 7.93. The van der Waals surface area contributed by atoms with Crippen molar-refractivity contribution in [2.45, 2.75) is 18.3 Å². The monoisotopic (exact) mass is 570 g/mol.